The first-order valence-electron chi connectivity index (χ1n) is 8.38. The number of halogens is 1. The fraction of sp³-hybridized carbons (Fsp3) is 0.333. The van der Waals surface area contributed by atoms with E-state index in [1.54, 1.807) is 29.4 Å². The summed E-state index contributed by atoms with van der Waals surface area (Å²) in [6.07, 6.45) is 6.89. The van der Waals surface area contributed by atoms with Gasteiger partial charge in [0.2, 0.25) is 10.0 Å². The summed E-state index contributed by atoms with van der Waals surface area (Å²) in [5.41, 5.74) is 4.12. The summed E-state index contributed by atoms with van der Waals surface area (Å²) < 4.78 is 26.0. The van der Waals surface area contributed by atoms with Crippen LogP contribution in [0.3, 0.4) is 0 Å². The van der Waals surface area contributed by atoms with Crippen LogP contribution in [0.4, 0.5) is 5.69 Å². The summed E-state index contributed by atoms with van der Waals surface area (Å²) in [7, 11) is -3.33. The lowest BCUT2D eigenvalue weighted by atomic mass is 9.88. The Kier molecular flexibility index (Phi) is 4.25. The summed E-state index contributed by atoms with van der Waals surface area (Å²) >= 11 is 6.05. The molecule has 0 saturated carbocycles. The van der Waals surface area contributed by atoms with Gasteiger partial charge in [0.15, 0.2) is 0 Å². The smallest absolute Gasteiger partial charge is 0.258 e. The molecule has 1 aliphatic heterocycles. The molecule has 1 aromatic carbocycles. The number of nitrogens with one attached hydrogen (secondary N) is 1. The Morgan fingerprint density at radius 3 is 2.88 bits per heavy atom. The molecule has 0 spiro atoms. The van der Waals surface area contributed by atoms with E-state index in [4.69, 9.17) is 11.6 Å². The second kappa shape index (κ2) is 6.33. The van der Waals surface area contributed by atoms with Gasteiger partial charge in [-0.2, -0.15) is 0 Å². The normalized spacial score (nSPS) is 19.4. The van der Waals surface area contributed by atoms with Gasteiger partial charge in [-0.3, -0.25) is 9.78 Å². The van der Waals surface area contributed by atoms with Crippen LogP contribution in [-0.2, 0) is 23.0 Å². The van der Waals surface area contributed by atoms with Gasteiger partial charge in [-0.05, 0) is 54.2 Å². The standard InChI is InChI=1S/C18H18ClN3O3S/c1-26(24,25)21-16-4-2-3-14-15(16)8-20-9-17(14)22-10-11-7-12(19)5-6-13(11)18(22)23/h5-9,16,21H,2-4,10H2,1H3/t16-/m1/s1. The molecule has 2 heterocycles. The highest BCUT2D eigenvalue weighted by Crippen LogP contribution is 2.38. The Balaban J connectivity index is 1.74. The van der Waals surface area contributed by atoms with Crippen LogP contribution in [0.2, 0.25) is 5.02 Å². The van der Waals surface area contributed by atoms with Crippen LogP contribution in [0, 0.1) is 0 Å². The third kappa shape index (κ3) is 3.11. The second-order valence-electron chi connectivity index (χ2n) is 6.75. The Morgan fingerprint density at radius 1 is 1.31 bits per heavy atom. The van der Waals surface area contributed by atoms with E-state index < -0.39 is 10.0 Å². The topological polar surface area (TPSA) is 79.4 Å². The first-order chi connectivity index (χ1) is 12.3. The van der Waals surface area contributed by atoms with Gasteiger partial charge in [-0.25, -0.2) is 13.1 Å². The van der Waals surface area contributed by atoms with E-state index in [-0.39, 0.29) is 11.9 Å². The molecule has 2 aromatic rings. The predicted octanol–water partition coefficient (Wildman–Crippen LogP) is 2.82. The van der Waals surface area contributed by atoms with Crippen LogP contribution in [0.25, 0.3) is 0 Å². The molecular formula is C18H18ClN3O3S. The van der Waals surface area contributed by atoms with Crippen molar-refractivity contribution in [2.24, 2.45) is 0 Å². The third-order valence-corrected chi connectivity index (χ3v) is 5.83. The molecule has 1 atom stereocenters. The lowest BCUT2D eigenvalue weighted by Gasteiger charge is -2.29. The average Bonchev–Trinajstić information content (AvgIpc) is 2.89. The van der Waals surface area contributed by atoms with Gasteiger partial charge in [-0.15, -0.1) is 0 Å². The Bertz CT molecular complexity index is 1010. The molecule has 0 bridgehead atoms. The molecule has 0 radical (unpaired) electrons. The zero-order valence-corrected chi connectivity index (χ0v) is 15.8. The Labute approximate surface area is 157 Å². The highest BCUT2D eigenvalue weighted by Gasteiger charge is 2.33. The SMILES string of the molecule is CS(=O)(=O)N[C@@H]1CCCc2c1cncc2N1Cc2cc(Cl)ccc2C1=O. The van der Waals surface area contributed by atoms with Crippen LogP contribution in [0.1, 0.15) is 45.9 Å². The number of fused-ring (bicyclic) bond motifs is 2. The van der Waals surface area contributed by atoms with Crippen molar-refractivity contribution in [3.8, 4) is 0 Å². The Hall–Kier alpha value is -1.96. The average molecular weight is 392 g/mol. The van der Waals surface area contributed by atoms with Crippen LogP contribution >= 0.6 is 11.6 Å². The van der Waals surface area contributed by atoms with Crippen molar-refractivity contribution in [3.63, 3.8) is 0 Å². The number of carbonyl (C=O) groups excluding carboxylic acids is 1. The number of amides is 1. The molecule has 1 amide bonds. The number of sulfonamides is 1. The van der Waals surface area contributed by atoms with E-state index in [1.165, 1.54) is 0 Å². The first kappa shape index (κ1) is 17.5. The zero-order chi connectivity index (χ0) is 18.5. The minimum atomic E-state index is -3.33. The van der Waals surface area contributed by atoms with Crippen molar-refractivity contribution in [1.82, 2.24) is 9.71 Å². The van der Waals surface area contributed by atoms with Crippen LogP contribution in [0.5, 0.6) is 0 Å². The minimum absolute atomic E-state index is 0.0786. The van der Waals surface area contributed by atoms with Crippen molar-refractivity contribution >= 4 is 33.2 Å². The third-order valence-electron chi connectivity index (χ3n) is 4.88. The maximum Gasteiger partial charge on any atom is 0.258 e. The number of anilines is 1. The molecule has 2 aliphatic rings. The number of pyridine rings is 1. The van der Waals surface area contributed by atoms with E-state index in [9.17, 15) is 13.2 Å². The van der Waals surface area contributed by atoms with Gasteiger partial charge in [-0.1, -0.05) is 11.6 Å². The molecular weight excluding hydrogens is 374 g/mol. The van der Waals surface area contributed by atoms with Crippen molar-refractivity contribution in [2.75, 3.05) is 11.2 Å². The van der Waals surface area contributed by atoms with Crippen LogP contribution < -0.4 is 9.62 Å². The van der Waals surface area contributed by atoms with Gasteiger partial charge in [0, 0.05) is 22.8 Å². The summed E-state index contributed by atoms with van der Waals surface area (Å²) in [5, 5.41) is 0.601. The van der Waals surface area contributed by atoms with Crippen LogP contribution in [-0.4, -0.2) is 25.6 Å². The number of hydrogen-bond acceptors (Lipinski definition) is 4. The number of nitrogens with zero attached hydrogens (tertiary/aromatic N) is 2. The summed E-state index contributed by atoms with van der Waals surface area (Å²) in [4.78, 5) is 18.8. The number of hydrogen-bond donors (Lipinski definition) is 1. The van der Waals surface area contributed by atoms with E-state index >= 15 is 0 Å². The molecule has 1 aliphatic carbocycles. The van der Waals surface area contributed by atoms with Crippen molar-refractivity contribution in [2.45, 2.75) is 31.8 Å². The molecule has 1 aromatic heterocycles. The van der Waals surface area contributed by atoms with Crippen LogP contribution in [0.15, 0.2) is 30.6 Å². The van der Waals surface area contributed by atoms with Crippen molar-refractivity contribution < 1.29 is 13.2 Å². The summed E-state index contributed by atoms with van der Waals surface area (Å²) in [5.74, 6) is -0.0786. The highest BCUT2D eigenvalue weighted by molar-refractivity contribution is 7.88. The van der Waals surface area contributed by atoms with Crippen molar-refractivity contribution in [1.29, 1.82) is 0 Å². The molecule has 8 heteroatoms. The van der Waals surface area contributed by atoms with Gasteiger partial charge in [0.1, 0.15) is 0 Å². The highest BCUT2D eigenvalue weighted by atomic mass is 35.5. The maximum atomic E-state index is 12.8. The van der Waals surface area contributed by atoms with Crippen molar-refractivity contribution in [3.05, 3.63) is 57.9 Å². The number of aromatic nitrogens is 1. The van der Waals surface area contributed by atoms with E-state index in [0.717, 1.165) is 47.9 Å². The number of rotatable bonds is 3. The second-order valence-corrected chi connectivity index (χ2v) is 8.97. The lowest BCUT2D eigenvalue weighted by molar-refractivity contribution is 0.0996. The molecule has 0 fully saturated rings. The van der Waals surface area contributed by atoms with E-state index in [1.807, 2.05) is 6.07 Å². The monoisotopic (exact) mass is 391 g/mol. The number of benzene rings is 1. The molecule has 136 valence electrons. The largest absolute Gasteiger partial charge is 0.302 e. The van der Waals surface area contributed by atoms with Gasteiger partial charge < -0.3 is 4.90 Å². The first-order valence-corrected chi connectivity index (χ1v) is 10.6. The van der Waals surface area contributed by atoms with Gasteiger partial charge in [0.05, 0.1) is 24.7 Å². The van der Waals surface area contributed by atoms with Gasteiger partial charge in [0.25, 0.3) is 5.91 Å². The molecule has 0 saturated heterocycles. The molecule has 6 nitrogen and oxygen atoms in total. The lowest BCUT2D eigenvalue weighted by Crippen LogP contribution is -2.32. The van der Waals surface area contributed by atoms with E-state index in [2.05, 4.69) is 9.71 Å². The Morgan fingerprint density at radius 2 is 2.12 bits per heavy atom. The fourth-order valence-electron chi connectivity index (χ4n) is 3.80. The number of carbonyl (C=O) groups is 1. The molecule has 0 unspecified atom stereocenters. The summed E-state index contributed by atoms with van der Waals surface area (Å²) in [6.45, 7) is 0.441. The minimum Gasteiger partial charge on any atom is -0.302 e. The molecule has 4 rings (SSSR count). The summed E-state index contributed by atoms with van der Waals surface area (Å²) in [6, 6.07) is 4.96. The maximum absolute atomic E-state index is 12.8. The predicted molar refractivity (Wildman–Crippen MR) is 99.9 cm³/mol. The quantitative estimate of drug-likeness (QED) is 0.872. The van der Waals surface area contributed by atoms with Gasteiger partial charge >= 0.3 is 0 Å². The molecule has 26 heavy (non-hydrogen) atoms. The molecule has 1 N–H and O–H groups in total. The fourth-order valence-corrected chi connectivity index (χ4v) is 4.76. The van der Waals surface area contributed by atoms with E-state index in [0.29, 0.717) is 17.1 Å². The zero-order valence-electron chi connectivity index (χ0n) is 14.2.